The molecule has 0 saturated carbocycles. The molecular formula is C12H15N3O. The van der Waals surface area contributed by atoms with Crippen molar-refractivity contribution in [2.45, 2.75) is 26.0 Å². The predicted molar refractivity (Wildman–Crippen MR) is 61.2 cm³/mol. The molecule has 4 nitrogen and oxygen atoms in total. The normalized spacial score (nSPS) is 25.2. The molecule has 0 radical (unpaired) electrons. The molecule has 0 aromatic carbocycles. The quantitative estimate of drug-likeness (QED) is 0.716. The van der Waals surface area contributed by atoms with Gasteiger partial charge < -0.3 is 9.64 Å². The molecule has 1 aliphatic heterocycles. The Morgan fingerprint density at radius 1 is 1.56 bits per heavy atom. The van der Waals surface area contributed by atoms with Gasteiger partial charge in [0.15, 0.2) is 0 Å². The van der Waals surface area contributed by atoms with Crippen LogP contribution in [0.25, 0.3) is 0 Å². The summed E-state index contributed by atoms with van der Waals surface area (Å²) in [7, 11) is 0. The molecule has 1 saturated heterocycles. The number of pyridine rings is 1. The number of aromatic nitrogens is 1. The summed E-state index contributed by atoms with van der Waals surface area (Å²) in [6.45, 7) is 5.77. The van der Waals surface area contributed by atoms with Gasteiger partial charge in [0.2, 0.25) is 0 Å². The molecule has 2 heterocycles. The van der Waals surface area contributed by atoms with Gasteiger partial charge in [-0.15, -0.1) is 0 Å². The average Bonchev–Trinajstić information content (AvgIpc) is 2.32. The lowest BCUT2D eigenvalue weighted by molar-refractivity contribution is 0.0344. The van der Waals surface area contributed by atoms with E-state index in [2.05, 4.69) is 29.8 Å². The van der Waals surface area contributed by atoms with Crippen molar-refractivity contribution in [3.8, 4) is 6.07 Å². The maximum absolute atomic E-state index is 8.82. The van der Waals surface area contributed by atoms with Gasteiger partial charge >= 0.3 is 0 Å². The highest BCUT2D eigenvalue weighted by molar-refractivity contribution is 5.50. The molecule has 0 spiro atoms. The van der Waals surface area contributed by atoms with Crippen molar-refractivity contribution in [1.29, 1.82) is 5.26 Å². The molecule has 2 atom stereocenters. The van der Waals surface area contributed by atoms with Crippen LogP contribution in [0.3, 0.4) is 0 Å². The number of morpholine rings is 1. The summed E-state index contributed by atoms with van der Waals surface area (Å²) >= 11 is 0. The maximum Gasteiger partial charge on any atom is 0.142 e. The third kappa shape index (κ3) is 2.15. The fourth-order valence-electron chi connectivity index (χ4n) is 1.92. The Morgan fingerprint density at radius 2 is 2.38 bits per heavy atom. The van der Waals surface area contributed by atoms with Crippen LogP contribution < -0.4 is 4.90 Å². The summed E-state index contributed by atoms with van der Waals surface area (Å²) in [6, 6.07) is 6.17. The zero-order valence-corrected chi connectivity index (χ0v) is 9.55. The highest BCUT2D eigenvalue weighted by atomic mass is 16.5. The summed E-state index contributed by atoms with van der Waals surface area (Å²) in [5, 5.41) is 8.82. The topological polar surface area (TPSA) is 49.2 Å². The largest absolute Gasteiger partial charge is 0.375 e. The van der Waals surface area contributed by atoms with E-state index in [0.717, 1.165) is 18.8 Å². The standard InChI is InChI=1S/C12H15N3O/c1-9-8-16-10(2)7-15(9)12-3-4-14-11(5-12)6-13/h3-5,9-10H,7-8H2,1-2H3. The van der Waals surface area contributed by atoms with E-state index in [1.807, 2.05) is 12.1 Å². The molecule has 0 aliphatic carbocycles. The predicted octanol–water partition coefficient (Wildman–Crippen LogP) is 1.57. The Balaban J connectivity index is 2.25. The first-order chi connectivity index (χ1) is 7.70. The second-order valence-corrected chi connectivity index (χ2v) is 4.16. The molecule has 4 heteroatoms. The number of hydrogen-bond acceptors (Lipinski definition) is 4. The van der Waals surface area contributed by atoms with Crippen LogP contribution in [0, 0.1) is 11.3 Å². The Morgan fingerprint density at radius 3 is 3.12 bits per heavy atom. The van der Waals surface area contributed by atoms with Gasteiger partial charge in [-0.05, 0) is 26.0 Å². The summed E-state index contributed by atoms with van der Waals surface area (Å²) in [5.41, 5.74) is 1.51. The lowest BCUT2D eigenvalue weighted by Crippen LogP contribution is -2.47. The van der Waals surface area contributed by atoms with Gasteiger partial charge in [0.05, 0.1) is 12.7 Å². The van der Waals surface area contributed by atoms with Crippen molar-refractivity contribution in [2.75, 3.05) is 18.1 Å². The van der Waals surface area contributed by atoms with Gasteiger partial charge in [0, 0.05) is 24.5 Å². The molecule has 1 aliphatic rings. The number of ether oxygens (including phenoxy) is 1. The molecule has 1 aromatic rings. The van der Waals surface area contributed by atoms with Gasteiger partial charge in [-0.2, -0.15) is 5.26 Å². The number of nitrogens with zero attached hydrogens (tertiary/aromatic N) is 3. The summed E-state index contributed by atoms with van der Waals surface area (Å²) in [6.07, 6.45) is 1.91. The van der Waals surface area contributed by atoms with Gasteiger partial charge in [-0.1, -0.05) is 0 Å². The SMILES string of the molecule is CC1CN(c2ccnc(C#N)c2)C(C)CO1. The zero-order chi connectivity index (χ0) is 11.5. The Labute approximate surface area is 95.5 Å². The maximum atomic E-state index is 8.82. The summed E-state index contributed by atoms with van der Waals surface area (Å²) in [5.74, 6) is 0. The van der Waals surface area contributed by atoms with E-state index in [1.54, 1.807) is 6.20 Å². The fraction of sp³-hybridized carbons (Fsp3) is 0.500. The van der Waals surface area contributed by atoms with Gasteiger partial charge in [0.1, 0.15) is 11.8 Å². The Bertz CT molecular complexity index is 413. The van der Waals surface area contributed by atoms with E-state index in [1.165, 1.54) is 0 Å². The number of hydrogen-bond donors (Lipinski definition) is 0. The Kier molecular flexibility index (Phi) is 3.07. The lowest BCUT2D eigenvalue weighted by atomic mass is 10.1. The van der Waals surface area contributed by atoms with Crippen molar-refractivity contribution in [1.82, 2.24) is 4.98 Å². The third-order valence-corrected chi connectivity index (χ3v) is 2.80. The molecule has 2 rings (SSSR count). The minimum Gasteiger partial charge on any atom is -0.375 e. The number of anilines is 1. The zero-order valence-electron chi connectivity index (χ0n) is 9.55. The van der Waals surface area contributed by atoms with E-state index in [-0.39, 0.29) is 6.10 Å². The van der Waals surface area contributed by atoms with Crippen LogP contribution in [0.4, 0.5) is 5.69 Å². The van der Waals surface area contributed by atoms with Gasteiger partial charge in [-0.3, -0.25) is 0 Å². The molecule has 84 valence electrons. The molecular weight excluding hydrogens is 202 g/mol. The molecule has 16 heavy (non-hydrogen) atoms. The Hall–Kier alpha value is -1.60. The van der Waals surface area contributed by atoms with Crippen LogP contribution in [0.1, 0.15) is 19.5 Å². The van der Waals surface area contributed by atoms with Gasteiger partial charge in [-0.25, -0.2) is 4.98 Å². The lowest BCUT2D eigenvalue weighted by Gasteiger charge is -2.38. The van der Waals surface area contributed by atoms with Crippen molar-refractivity contribution >= 4 is 5.69 Å². The first-order valence-electron chi connectivity index (χ1n) is 5.45. The number of nitriles is 1. The van der Waals surface area contributed by atoms with E-state index < -0.39 is 0 Å². The summed E-state index contributed by atoms with van der Waals surface area (Å²) < 4.78 is 5.58. The molecule has 2 unspecified atom stereocenters. The molecule has 0 bridgehead atoms. The number of rotatable bonds is 1. The van der Waals surface area contributed by atoms with E-state index in [0.29, 0.717) is 11.7 Å². The minimum absolute atomic E-state index is 0.231. The fourth-order valence-corrected chi connectivity index (χ4v) is 1.92. The van der Waals surface area contributed by atoms with Crippen LogP contribution >= 0.6 is 0 Å². The van der Waals surface area contributed by atoms with Crippen molar-refractivity contribution in [3.05, 3.63) is 24.0 Å². The molecule has 0 amide bonds. The summed E-state index contributed by atoms with van der Waals surface area (Å²) in [4.78, 5) is 6.24. The third-order valence-electron chi connectivity index (χ3n) is 2.80. The highest BCUT2D eigenvalue weighted by Crippen LogP contribution is 2.21. The van der Waals surface area contributed by atoms with Crippen LogP contribution in [0.2, 0.25) is 0 Å². The molecule has 0 N–H and O–H groups in total. The molecule has 1 fully saturated rings. The highest BCUT2D eigenvalue weighted by Gasteiger charge is 2.23. The minimum atomic E-state index is 0.231. The second-order valence-electron chi connectivity index (χ2n) is 4.16. The van der Waals surface area contributed by atoms with Gasteiger partial charge in [0.25, 0.3) is 0 Å². The second kappa shape index (κ2) is 4.50. The molecule has 1 aromatic heterocycles. The van der Waals surface area contributed by atoms with Crippen LogP contribution in [-0.4, -0.2) is 30.3 Å². The van der Waals surface area contributed by atoms with E-state index in [4.69, 9.17) is 10.00 Å². The van der Waals surface area contributed by atoms with Crippen LogP contribution in [0.5, 0.6) is 0 Å². The monoisotopic (exact) mass is 217 g/mol. The first-order valence-corrected chi connectivity index (χ1v) is 5.45. The van der Waals surface area contributed by atoms with Crippen LogP contribution in [-0.2, 0) is 4.74 Å². The van der Waals surface area contributed by atoms with Crippen molar-refractivity contribution in [2.24, 2.45) is 0 Å². The van der Waals surface area contributed by atoms with Crippen molar-refractivity contribution < 1.29 is 4.74 Å². The smallest absolute Gasteiger partial charge is 0.142 e. The van der Waals surface area contributed by atoms with E-state index >= 15 is 0 Å². The average molecular weight is 217 g/mol. The van der Waals surface area contributed by atoms with E-state index in [9.17, 15) is 0 Å². The van der Waals surface area contributed by atoms with Crippen LogP contribution in [0.15, 0.2) is 18.3 Å². The van der Waals surface area contributed by atoms with Crippen molar-refractivity contribution in [3.63, 3.8) is 0 Å². The first kappa shape index (κ1) is 10.9.